The van der Waals surface area contributed by atoms with Crippen molar-refractivity contribution in [3.05, 3.63) is 41.6 Å². The number of piperidine rings is 1. The number of aromatic nitrogens is 2. The number of carbonyl (C=O) groups is 1. The number of amides is 1. The van der Waals surface area contributed by atoms with E-state index in [1.165, 1.54) is 0 Å². The topological polar surface area (TPSA) is 73.8 Å². The Morgan fingerprint density at radius 2 is 2.00 bits per heavy atom. The SMILES string of the molecule is COc1ccc(C(=O)N2CCCC(Oc3ccc(C)nn3)C2)c(OC)c1. The summed E-state index contributed by atoms with van der Waals surface area (Å²) >= 11 is 0. The molecule has 2 aromatic rings. The average molecular weight is 357 g/mol. The standard InChI is InChI=1S/C19H23N3O4/c1-13-6-9-18(21-20-13)26-15-5-4-10-22(12-15)19(23)16-8-7-14(24-2)11-17(16)25-3/h6-9,11,15H,4-5,10,12H2,1-3H3. The van der Waals surface area contributed by atoms with Gasteiger partial charge in [0.05, 0.1) is 32.0 Å². The molecule has 0 radical (unpaired) electrons. The lowest BCUT2D eigenvalue weighted by molar-refractivity contribution is 0.0522. The number of nitrogens with zero attached hydrogens (tertiary/aromatic N) is 3. The van der Waals surface area contributed by atoms with Crippen molar-refractivity contribution in [1.82, 2.24) is 15.1 Å². The van der Waals surface area contributed by atoms with Crippen molar-refractivity contribution in [2.24, 2.45) is 0 Å². The third-order valence-corrected chi connectivity index (χ3v) is 4.37. The van der Waals surface area contributed by atoms with Crippen LogP contribution >= 0.6 is 0 Å². The van der Waals surface area contributed by atoms with E-state index in [0.29, 0.717) is 36.0 Å². The summed E-state index contributed by atoms with van der Waals surface area (Å²) in [5.41, 5.74) is 1.36. The average Bonchev–Trinajstić information content (AvgIpc) is 2.69. The fourth-order valence-corrected chi connectivity index (χ4v) is 2.98. The number of carbonyl (C=O) groups excluding carboxylic acids is 1. The van der Waals surface area contributed by atoms with Crippen LogP contribution in [0.1, 0.15) is 28.9 Å². The number of likely N-dealkylation sites (tertiary alicyclic amines) is 1. The molecule has 1 fully saturated rings. The molecule has 26 heavy (non-hydrogen) atoms. The third kappa shape index (κ3) is 4.04. The van der Waals surface area contributed by atoms with Crippen molar-refractivity contribution < 1.29 is 19.0 Å². The summed E-state index contributed by atoms with van der Waals surface area (Å²) in [4.78, 5) is 14.7. The summed E-state index contributed by atoms with van der Waals surface area (Å²) in [6, 6.07) is 8.87. The lowest BCUT2D eigenvalue weighted by Gasteiger charge is -2.32. The second-order valence-electron chi connectivity index (χ2n) is 6.21. The van der Waals surface area contributed by atoms with Crippen LogP contribution in [0.25, 0.3) is 0 Å². The van der Waals surface area contributed by atoms with E-state index in [4.69, 9.17) is 14.2 Å². The maximum atomic E-state index is 12.9. The number of rotatable bonds is 5. The van der Waals surface area contributed by atoms with Gasteiger partial charge in [0.1, 0.15) is 17.6 Å². The zero-order valence-electron chi connectivity index (χ0n) is 15.3. The lowest BCUT2D eigenvalue weighted by Crippen LogP contribution is -2.44. The van der Waals surface area contributed by atoms with Gasteiger partial charge in [-0.05, 0) is 38.0 Å². The van der Waals surface area contributed by atoms with Gasteiger partial charge in [-0.2, -0.15) is 5.10 Å². The first-order valence-corrected chi connectivity index (χ1v) is 8.59. The summed E-state index contributed by atoms with van der Waals surface area (Å²) in [6.07, 6.45) is 1.64. The highest BCUT2D eigenvalue weighted by Crippen LogP contribution is 2.27. The Bertz CT molecular complexity index is 764. The van der Waals surface area contributed by atoms with Crippen LogP contribution in [-0.4, -0.2) is 54.4 Å². The monoisotopic (exact) mass is 357 g/mol. The molecular weight excluding hydrogens is 334 g/mol. The van der Waals surface area contributed by atoms with Crippen LogP contribution in [0.5, 0.6) is 17.4 Å². The van der Waals surface area contributed by atoms with Crippen molar-refractivity contribution >= 4 is 5.91 Å². The molecule has 1 aliphatic rings. The Kier molecular flexibility index (Phi) is 5.55. The summed E-state index contributed by atoms with van der Waals surface area (Å²) in [5.74, 6) is 1.56. The van der Waals surface area contributed by atoms with Crippen LogP contribution < -0.4 is 14.2 Å². The van der Waals surface area contributed by atoms with Gasteiger partial charge in [0.15, 0.2) is 0 Å². The maximum Gasteiger partial charge on any atom is 0.257 e. The van der Waals surface area contributed by atoms with E-state index in [0.717, 1.165) is 18.5 Å². The maximum absolute atomic E-state index is 12.9. The number of methoxy groups -OCH3 is 2. The summed E-state index contributed by atoms with van der Waals surface area (Å²) in [7, 11) is 3.13. The Labute approximate surface area is 152 Å². The largest absolute Gasteiger partial charge is 0.497 e. The lowest BCUT2D eigenvalue weighted by atomic mass is 10.1. The molecule has 1 aromatic carbocycles. The minimum absolute atomic E-state index is 0.0761. The molecule has 0 bridgehead atoms. The highest BCUT2D eigenvalue weighted by molar-refractivity contribution is 5.97. The Hall–Kier alpha value is -2.83. The van der Waals surface area contributed by atoms with Crippen molar-refractivity contribution in [1.29, 1.82) is 0 Å². The highest BCUT2D eigenvalue weighted by atomic mass is 16.5. The molecule has 0 spiro atoms. The molecule has 0 aliphatic carbocycles. The molecule has 0 saturated carbocycles. The molecule has 3 rings (SSSR count). The molecule has 1 atom stereocenters. The Morgan fingerprint density at radius 3 is 2.69 bits per heavy atom. The van der Waals surface area contributed by atoms with Gasteiger partial charge >= 0.3 is 0 Å². The zero-order valence-corrected chi connectivity index (χ0v) is 15.3. The van der Waals surface area contributed by atoms with Crippen LogP contribution in [0.4, 0.5) is 0 Å². The Balaban J connectivity index is 1.70. The third-order valence-electron chi connectivity index (χ3n) is 4.37. The highest BCUT2D eigenvalue weighted by Gasteiger charge is 2.27. The first kappa shape index (κ1) is 18.0. The quantitative estimate of drug-likeness (QED) is 0.818. The van der Waals surface area contributed by atoms with Gasteiger partial charge in [0.2, 0.25) is 5.88 Å². The molecule has 2 heterocycles. The van der Waals surface area contributed by atoms with Crippen LogP contribution in [0.15, 0.2) is 30.3 Å². The smallest absolute Gasteiger partial charge is 0.257 e. The van der Waals surface area contributed by atoms with Gasteiger partial charge in [-0.25, -0.2) is 0 Å². The Morgan fingerprint density at radius 1 is 1.15 bits per heavy atom. The fraction of sp³-hybridized carbons (Fsp3) is 0.421. The minimum Gasteiger partial charge on any atom is -0.497 e. The van der Waals surface area contributed by atoms with E-state index < -0.39 is 0 Å². The number of aryl methyl sites for hydroxylation is 1. The van der Waals surface area contributed by atoms with Gasteiger partial charge in [-0.15, -0.1) is 5.10 Å². The van der Waals surface area contributed by atoms with Crippen molar-refractivity contribution in [3.63, 3.8) is 0 Å². The van der Waals surface area contributed by atoms with E-state index in [1.807, 2.05) is 13.0 Å². The van der Waals surface area contributed by atoms with Gasteiger partial charge in [0.25, 0.3) is 5.91 Å². The van der Waals surface area contributed by atoms with Gasteiger partial charge in [0, 0.05) is 18.7 Å². The van der Waals surface area contributed by atoms with Crippen molar-refractivity contribution in [2.75, 3.05) is 27.3 Å². The molecule has 1 saturated heterocycles. The van der Waals surface area contributed by atoms with E-state index in [-0.39, 0.29) is 12.0 Å². The van der Waals surface area contributed by atoms with Gasteiger partial charge in [-0.1, -0.05) is 0 Å². The van der Waals surface area contributed by atoms with Crippen LogP contribution in [0.3, 0.4) is 0 Å². The van der Waals surface area contributed by atoms with E-state index in [9.17, 15) is 4.79 Å². The van der Waals surface area contributed by atoms with Crippen molar-refractivity contribution in [2.45, 2.75) is 25.9 Å². The molecule has 7 heteroatoms. The second kappa shape index (κ2) is 8.03. The van der Waals surface area contributed by atoms with Gasteiger partial charge in [-0.3, -0.25) is 4.79 Å². The number of hydrogen-bond acceptors (Lipinski definition) is 6. The van der Waals surface area contributed by atoms with Gasteiger partial charge < -0.3 is 19.1 Å². The van der Waals surface area contributed by atoms with Crippen LogP contribution in [-0.2, 0) is 0 Å². The molecule has 1 unspecified atom stereocenters. The van der Waals surface area contributed by atoms with Crippen LogP contribution in [0.2, 0.25) is 0 Å². The predicted molar refractivity (Wildman–Crippen MR) is 95.9 cm³/mol. The molecule has 1 aliphatic heterocycles. The van der Waals surface area contributed by atoms with E-state index in [2.05, 4.69) is 10.2 Å². The zero-order chi connectivity index (χ0) is 18.5. The number of benzene rings is 1. The van der Waals surface area contributed by atoms with E-state index >= 15 is 0 Å². The fourth-order valence-electron chi connectivity index (χ4n) is 2.98. The molecule has 1 aromatic heterocycles. The number of ether oxygens (including phenoxy) is 3. The molecule has 138 valence electrons. The van der Waals surface area contributed by atoms with Crippen molar-refractivity contribution in [3.8, 4) is 17.4 Å². The molecule has 1 amide bonds. The molecule has 7 nitrogen and oxygen atoms in total. The minimum atomic E-state index is -0.103. The molecule has 0 N–H and O–H groups in total. The summed E-state index contributed by atoms with van der Waals surface area (Å²) < 4.78 is 16.4. The summed E-state index contributed by atoms with van der Waals surface area (Å²) in [5, 5.41) is 8.04. The first-order valence-electron chi connectivity index (χ1n) is 8.59. The normalized spacial score (nSPS) is 16.9. The van der Waals surface area contributed by atoms with E-state index in [1.54, 1.807) is 43.4 Å². The number of hydrogen-bond donors (Lipinski definition) is 0. The first-order chi connectivity index (χ1) is 12.6. The molecular formula is C19H23N3O4. The van der Waals surface area contributed by atoms with Crippen LogP contribution in [0, 0.1) is 6.92 Å². The predicted octanol–water partition coefficient (Wildman–Crippen LogP) is 2.49. The summed E-state index contributed by atoms with van der Waals surface area (Å²) in [6.45, 7) is 3.07. The second-order valence-corrected chi connectivity index (χ2v) is 6.21.